The zero-order valence-corrected chi connectivity index (χ0v) is 14.4. The molecule has 0 saturated heterocycles. The highest BCUT2D eigenvalue weighted by atomic mass is 79.9. The summed E-state index contributed by atoms with van der Waals surface area (Å²) in [6, 6.07) is 15.5. The maximum Gasteiger partial charge on any atom is 0.273 e. The SMILES string of the molecule is Cc1cccc(C)c1NC(=O)c1cc(-c2ccc(Br)cc2)n[nH]1. The van der Waals surface area contributed by atoms with E-state index in [2.05, 4.69) is 31.4 Å². The minimum Gasteiger partial charge on any atom is -0.320 e. The van der Waals surface area contributed by atoms with Crippen LogP contribution in [-0.2, 0) is 0 Å². The third kappa shape index (κ3) is 3.35. The predicted molar refractivity (Wildman–Crippen MR) is 95.6 cm³/mol. The maximum atomic E-state index is 12.4. The average Bonchev–Trinajstić information content (AvgIpc) is 3.02. The van der Waals surface area contributed by atoms with Crippen LogP contribution in [0.2, 0.25) is 0 Å². The average molecular weight is 370 g/mol. The molecule has 116 valence electrons. The lowest BCUT2D eigenvalue weighted by Gasteiger charge is -2.10. The number of H-pyrrole nitrogens is 1. The Labute approximate surface area is 143 Å². The van der Waals surface area contributed by atoms with Crippen LogP contribution in [0.1, 0.15) is 21.6 Å². The smallest absolute Gasteiger partial charge is 0.273 e. The Morgan fingerprint density at radius 3 is 2.39 bits per heavy atom. The summed E-state index contributed by atoms with van der Waals surface area (Å²) in [5.41, 5.74) is 5.04. The van der Waals surface area contributed by atoms with Gasteiger partial charge in [-0.25, -0.2) is 0 Å². The van der Waals surface area contributed by atoms with Crippen molar-refractivity contribution in [3.05, 3.63) is 69.8 Å². The van der Waals surface area contributed by atoms with E-state index in [0.29, 0.717) is 5.69 Å². The van der Waals surface area contributed by atoms with Gasteiger partial charge in [-0.1, -0.05) is 46.3 Å². The molecule has 1 aromatic heterocycles. The van der Waals surface area contributed by atoms with E-state index in [0.717, 1.165) is 32.5 Å². The lowest BCUT2D eigenvalue weighted by Crippen LogP contribution is -2.14. The molecule has 0 bridgehead atoms. The van der Waals surface area contributed by atoms with Crippen molar-refractivity contribution in [3.63, 3.8) is 0 Å². The number of halogens is 1. The monoisotopic (exact) mass is 369 g/mol. The third-order valence-corrected chi connectivity index (χ3v) is 4.21. The van der Waals surface area contributed by atoms with Crippen molar-refractivity contribution in [2.75, 3.05) is 5.32 Å². The number of aromatic amines is 1. The molecular weight excluding hydrogens is 354 g/mol. The van der Waals surface area contributed by atoms with Crippen LogP contribution in [0, 0.1) is 13.8 Å². The lowest BCUT2D eigenvalue weighted by atomic mass is 10.1. The van der Waals surface area contributed by atoms with Gasteiger partial charge < -0.3 is 5.32 Å². The van der Waals surface area contributed by atoms with Crippen molar-refractivity contribution in [3.8, 4) is 11.3 Å². The van der Waals surface area contributed by atoms with E-state index >= 15 is 0 Å². The molecule has 2 aromatic carbocycles. The Morgan fingerprint density at radius 2 is 1.74 bits per heavy atom. The summed E-state index contributed by atoms with van der Waals surface area (Å²) < 4.78 is 1.00. The summed E-state index contributed by atoms with van der Waals surface area (Å²) in [5, 5.41) is 9.98. The lowest BCUT2D eigenvalue weighted by molar-refractivity contribution is 0.102. The van der Waals surface area contributed by atoms with E-state index in [1.165, 1.54) is 0 Å². The number of rotatable bonds is 3. The van der Waals surface area contributed by atoms with Crippen molar-refractivity contribution in [1.82, 2.24) is 10.2 Å². The number of hydrogen-bond donors (Lipinski definition) is 2. The highest BCUT2D eigenvalue weighted by Crippen LogP contribution is 2.22. The number of hydrogen-bond acceptors (Lipinski definition) is 2. The largest absolute Gasteiger partial charge is 0.320 e. The van der Waals surface area contributed by atoms with Gasteiger partial charge in [0, 0.05) is 15.7 Å². The standard InChI is InChI=1S/C18H16BrN3O/c1-11-4-3-5-12(2)17(11)20-18(23)16-10-15(21-22-16)13-6-8-14(19)9-7-13/h3-10H,1-2H3,(H,20,23)(H,21,22). The second-order valence-electron chi connectivity index (χ2n) is 5.39. The molecular formula is C18H16BrN3O. The molecule has 0 spiro atoms. The molecule has 3 rings (SSSR count). The molecule has 0 aliphatic heterocycles. The van der Waals surface area contributed by atoms with E-state index in [4.69, 9.17) is 0 Å². The molecule has 0 aliphatic carbocycles. The number of anilines is 1. The fourth-order valence-corrected chi connectivity index (χ4v) is 2.66. The van der Waals surface area contributed by atoms with Crippen LogP contribution >= 0.6 is 15.9 Å². The molecule has 5 heteroatoms. The van der Waals surface area contributed by atoms with E-state index in [1.54, 1.807) is 6.07 Å². The van der Waals surface area contributed by atoms with Crippen molar-refractivity contribution in [2.24, 2.45) is 0 Å². The van der Waals surface area contributed by atoms with Crippen molar-refractivity contribution in [2.45, 2.75) is 13.8 Å². The van der Waals surface area contributed by atoms with Crippen LogP contribution in [0.25, 0.3) is 11.3 Å². The highest BCUT2D eigenvalue weighted by Gasteiger charge is 2.13. The predicted octanol–water partition coefficient (Wildman–Crippen LogP) is 4.71. The molecule has 23 heavy (non-hydrogen) atoms. The number of para-hydroxylation sites is 1. The zero-order chi connectivity index (χ0) is 16.4. The van der Waals surface area contributed by atoms with Gasteiger partial charge >= 0.3 is 0 Å². The summed E-state index contributed by atoms with van der Waals surface area (Å²) in [7, 11) is 0. The van der Waals surface area contributed by atoms with Crippen molar-refractivity contribution in [1.29, 1.82) is 0 Å². The molecule has 0 radical (unpaired) electrons. The van der Waals surface area contributed by atoms with E-state index in [-0.39, 0.29) is 5.91 Å². The first-order valence-corrected chi connectivity index (χ1v) is 8.03. The molecule has 0 unspecified atom stereocenters. The molecule has 1 amide bonds. The van der Waals surface area contributed by atoms with Crippen molar-refractivity contribution < 1.29 is 4.79 Å². The fraction of sp³-hybridized carbons (Fsp3) is 0.111. The Morgan fingerprint density at radius 1 is 1.09 bits per heavy atom. The molecule has 1 heterocycles. The molecule has 2 N–H and O–H groups in total. The molecule has 0 atom stereocenters. The van der Waals surface area contributed by atoms with Gasteiger partial charge in [0.05, 0.1) is 5.69 Å². The summed E-state index contributed by atoms with van der Waals surface area (Å²) in [4.78, 5) is 12.4. The van der Waals surface area contributed by atoms with Gasteiger partial charge in [-0.2, -0.15) is 5.10 Å². The Kier molecular flexibility index (Phi) is 4.30. The Bertz CT molecular complexity index is 833. The van der Waals surface area contributed by atoms with Crippen LogP contribution in [0.5, 0.6) is 0 Å². The first-order valence-electron chi connectivity index (χ1n) is 7.23. The molecule has 0 saturated carbocycles. The quantitative estimate of drug-likeness (QED) is 0.702. The minimum absolute atomic E-state index is 0.196. The number of benzene rings is 2. The zero-order valence-electron chi connectivity index (χ0n) is 12.9. The topological polar surface area (TPSA) is 57.8 Å². The van der Waals surface area contributed by atoms with Crippen LogP contribution < -0.4 is 5.32 Å². The Balaban J connectivity index is 1.83. The van der Waals surface area contributed by atoms with Gasteiger partial charge in [0.2, 0.25) is 0 Å². The maximum absolute atomic E-state index is 12.4. The normalized spacial score (nSPS) is 10.6. The number of aryl methyl sites for hydroxylation is 2. The first-order chi connectivity index (χ1) is 11.0. The number of aromatic nitrogens is 2. The van der Waals surface area contributed by atoms with Crippen LogP contribution in [-0.4, -0.2) is 16.1 Å². The van der Waals surface area contributed by atoms with Gasteiger partial charge in [-0.05, 0) is 43.2 Å². The second kappa shape index (κ2) is 6.38. The molecule has 3 aromatic rings. The number of carbonyl (C=O) groups is 1. The minimum atomic E-state index is -0.196. The summed E-state index contributed by atoms with van der Waals surface area (Å²) >= 11 is 3.40. The Hall–Kier alpha value is -2.40. The summed E-state index contributed by atoms with van der Waals surface area (Å²) in [6.45, 7) is 3.95. The number of carbonyl (C=O) groups excluding carboxylic acids is 1. The molecule has 0 fully saturated rings. The van der Waals surface area contributed by atoms with E-state index in [9.17, 15) is 4.79 Å². The van der Waals surface area contributed by atoms with Crippen LogP contribution in [0.3, 0.4) is 0 Å². The third-order valence-electron chi connectivity index (χ3n) is 3.68. The number of amides is 1. The molecule has 4 nitrogen and oxygen atoms in total. The van der Waals surface area contributed by atoms with Gasteiger partial charge in [0.1, 0.15) is 5.69 Å². The summed E-state index contributed by atoms with van der Waals surface area (Å²) in [6.07, 6.45) is 0. The molecule has 0 aliphatic rings. The summed E-state index contributed by atoms with van der Waals surface area (Å²) in [5.74, 6) is -0.196. The van der Waals surface area contributed by atoms with Gasteiger partial charge in [-0.3, -0.25) is 9.89 Å². The first kappa shape index (κ1) is 15.5. The van der Waals surface area contributed by atoms with Crippen LogP contribution in [0.4, 0.5) is 5.69 Å². The van der Waals surface area contributed by atoms with Gasteiger partial charge in [-0.15, -0.1) is 0 Å². The second-order valence-corrected chi connectivity index (χ2v) is 6.31. The van der Waals surface area contributed by atoms with E-state index < -0.39 is 0 Å². The van der Waals surface area contributed by atoms with Crippen LogP contribution in [0.15, 0.2) is 53.0 Å². The number of nitrogens with zero attached hydrogens (tertiary/aromatic N) is 1. The highest BCUT2D eigenvalue weighted by molar-refractivity contribution is 9.10. The van der Waals surface area contributed by atoms with Crippen molar-refractivity contribution >= 4 is 27.5 Å². The number of nitrogens with one attached hydrogen (secondary N) is 2. The van der Waals surface area contributed by atoms with Gasteiger partial charge in [0.25, 0.3) is 5.91 Å². The van der Waals surface area contributed by atoms with Gasteiger partial charge in [0.15, 0.2) is 0 Å². The van der Waals surface area contributed by atoms with E-state index in [1.807, 2.05) is 56.3 Å². The fourth-order valence-electron chi connectivity index (χ4n) is 2.40.